The highest BCUT2D eigenvalue weighted by molar-refractivity contribution is 5.45. The number of unbranched alkanes of at least 4 members (excludes halogenated alkanes) is 3. The summed E-state index contributed by atoms with van der Waals surface area (Å²) in [7, 11) is 0. The minimum absolute atomic E-state index is 0.325. The highest BCUT2D eigenvalue weighted by Crippen LogP contribution is 2.11. The van der Waals surface area contributed by atoms with Gasteiger partial charge in [-0.05, 0) is 37.0 Å². The molecule has 0 saturated carbocycles. The molecule has 0 aliphatic heterocycles. The van der Waals surface area contributed by atoms with E-state index in [4.69, 9.17) is 5.11 Å². The SMILES string of the molecule is CCc1cccc(NCCCCCCO)c1. The number of aliphatic hydroxyl groups is 1. The van der Waals surface area contributed by atoms with Gasteiger partial charge in [-0.2, -0.15) is 0 Å². The molecule has 2 N–H and O–H groups in total. The number of benzene rings is 1. The summed E-state index contributed by atoms with van der Waals surface area (Å²) in [4.78, 5) is 0. The lowest BCUT2D eigenvalue weighted by atomic mass is 10.1. The smallest absolute Gasteiger partial charge is 0.0431 e. The van der Waals surface area contributed by atoms with E-state index in [2.05, 4.69) is 36.5 Å². The molecule has 2 heteroatoms. The second-order valence-corrected chi connectivity index (χ2v) is 4.12. The summed E-state index contributed by atoms with van der Waals surface area (Å²) in [5.41, 5.74) is 2.60. The Bertz CT molecular complexity index is 286. The van der Waals surface area contributed by atoms with Gasteiger partial charge in [0.2, 0.25) is 0 Å². The number of hydrogen-bond acceptors (Lipinski definition) is 2. The van der Waals surface area contributed by atoms with E-state index in [0.29, 0.717) is 6.61 Å². The van der Waals surface area contributed by atoms with Crippen molar-refractivity contribution in [3.63, 3.8) is 0 Å². The van der Waals surface area contributed by atoms with Crippen LogP contribution in [0.5, 0.6) is 0 Å². The fourth-order valence-corrected chi connectivity index (χ4v) is 1.72. The van der Waals surface area contributed by atoms with E-state index < -0.39 is 0 Å². The Morgan fingerprint density at radius 2 is 1.94 bits per heavy atom. The van der Waals surface area contributed by atoms with Gasteiger partial charge in [0, 0.05) is 18.8 Å². The Balaban J connectivity index is 2.16. The van der Waals surface area contributed by atoms with Crippen LogP contribution in [0.1, 0.15) is 38.2 Å². The summed E-state index contributed by atoms with van der Waals surface area (Å²) in [5.74, 6) is 0. The summed E-state index contributed by atoms with van der Waals surface area (Å²) >= 11 is 0. The topological polar surface area (TPSA) is 32.3 Å². The van der Waals surface area contributed by atoms with E-state index in [1.54, 1.807) is 0 Å². The van der Waals surface area contributed by atoms with Crippen LogP contribution < -0.4 is 5.32 Å². The van der Waals surface area contributed by atoms with E-state index in [-0.39, 0.29) is 0 Å². The van der Waals surface area contributed by atoms with Crippen LogP contribution in [0.25, 0.3) is 0 Å². The molecule has 0 amide bonds. The Morgan fingerprint density at radius 1 is 1.12 bits per heavy atom. The maximum atomic E-state index is 8.64. The second kappa shape index (κ2) is 8.17. The van der Waals surface area contributed by atoms with Crippen LogP contribution in [0, 0.1) is 0 Å². The highest BCUT2D eigenvalue weighted by atomic mass is 16.2. The number of hydrogen-bond donors (Lipinski definition) is 2. The molecule has 0 spiro atoms. The largest absolute Gasteiger partial charge is 0.396 e. The van der Waals surface area contributed by atoms with Gasteiger partial charge in [-0.1, -0.05) is 31.9 Å². The Kier molecular flexibility index (Phi) is 6.66. The first-order valence-electron chi connectivity index (χ1n) is 6.30. The van der Waals surface area contributed by atoms with Crippen molar-refractivity contribution in [3.8, 4) is 0 Å². The van der Waals surface area contributed by atoms with Crippen LogP contribution in [0.2, 0.25) is 0 Å². The van der Waals surface area contributed by atoms with Gasteiger partial charge < -0.3 is 10.4 Å². The molecule has 16 heavy (non-hydrogen) atoms. The molecule has 0 unspecified atom stereocenters. The van der Waals surface area contributed by atoms with Gasteiger partial charge in [0.25, 0.3) is 0 Å². The van der Waals surface area contributed by atoms with Crippen LogP contribution in [0.15, 0.2) is 24.3 Å². The molecule has 1 aromatic rings. The van der Waals surface area contributed by atoms with Gasteiger partial charge in [0.1, 0.15) is 0 Å². The van der Waals surface area contributed by atoms with Crippen LogP contribution in [-0.4, -0.2) is 18.3 Å². The lowest BCUT2D eigenvalue weighted by molar-refractivity contribution is 0.283. The molecule has 0 atom stereocenters. The summed E-state index contributed by atoms with van der Waals surface area (Å²) < 4.78 is 0. The van der Waals surface area contributed by atoms with Gasteiger partial charge >= 0.3 is 0 Å². The van der Waals surface area contributed by atoms with Gasteiger partial charge in [-0.15, -0.1) is 0 Å². The molecule has 0 radical (unpaired) electrons. The summed E-state index contributed by atoms with van der Waals surface area (Å²) in [6.45, 7) is 3.53. The molecule has 1 rings (SSSR count). The zero-order valence-corrected chi connectivity index (χ0v) is 10.2. The third-order valence-electron chi connectivity index (χ3n) is 2.75. The lowest BCUT2D eigenvalue weighted by Crippen LogP contribution is -2.01. The first-order valence-corrected chi connectivity index (χ1v) is 6.30. The van der Waals surface area contributed by atoms with Crippen molar-refractivity contribution >= 4 is 5.69 Å². The molecule has 0 fully saturated rings. The standard InChI is InChI=1S/C14H23NO/c1-2-13-8-7-9-14(12-13)15-10-5-3-4-6-11-16/h7-9,12,15-16H,2-6,10-11H2,1H3. The Hall–Kier alpha value is -1.02. The number of aliphatic hydroxyl groups excluding tert-OH is 1. The third-order valence-corrected chi connectivity index (χ3v) is 2.75. The van der Waals surface area contributed by atoms with E-state index in [1.807, 2.05) is 0 Å². The van der Waals surface area contributed by atoms with Crippen LogP contribution >= 0.6 is 0 Å². The van der Waals surface area contributed by atoms with E-state index in [1.165, 1.54) is 24.1 Å². The van der Waals surface area contributed by atoms with Gasteiger partial charge in [0.05, 0.1) is 0 Å². The second-order valence-electron chi connectivity index (χ2n) is 4.12. The van der Waals surface area contributed by atoms with Gasteiger partial charge in [-0.25, -0.2) is 0 Å². The average molecular weight is 221 g/mol. The molecule has 0 saturated heterocycles. The molecule has 0 bridgehead atoms. The van der Waals surface area contributed by atoms with Crippen molar-refractivity contribution in [3.05, 3.63) is 29.8 Å². The predicted octanol–water partition coefficient (Wildman–Crippen LogP) is 3.21. The summed E-state index contributed by atoms with van der Waals surface area (Å²) in [5, 5.41) is 12.1. The zero-order valence-electron chi connectivity index (χ0n) is 10.2. The molecule has 0 aliphatic rings. The molecular formula is C14H23NO. The number of rotatable bonds is 8. The van der Waals surface area contributed by atoms with Gasteiger partial charge in [-0.3, -0.25) is 0 Å². The van der Waals surface area contributed by atoms with Crippen molar-refractivity contribution in [2.24, 2.45) is 0 Å². The lowest BCUT2D eigenvalue weighted by Gasteiger charge is -2.07. The Labute approximate surface area is 98.7 Å². The minimum Gasteiger partial charge on any atom is -0.396 e. The van der Waals surface area contributed by atoms with Crippen molar-refractivity contribution in [2.45, 2.75) is 39.0 Å². The summed E-state index contributed by atoms with van der Waals surface area (Å²) in [6, 6.07) is 8.60. The molecule has 90 valence electrons. The number of nitrogens with one attached hydrogen (secondary N) is 1. The molecule has 0 heterocycles. The third kappa shape index (κ3) is 5.17. The van der Waals surface area contributed by atoms with Crippen molar-refractivity contribution in [1.29, 1.82) is 0 Å². The predicted molar refractivity (Wildman–Crippen MR) is 69.9 cm³/mol. The van der Waals surface area contributed by atoms with Crippen molar-refractivity contribution in [1.82, 2.24) is 0 Å². The van der Waals surface area contributed by atoms with Crippen LogP contribution in [-0.2, 0) is 6.42 Å². The number of aryl methyl sites for hydroxylation is 1. The summed E-state index contributed by atoms with van der Waals surface area (Å²) in [6.07, 6.45) is 5.53. The van der Waals surface area contributed by atoms with Crippen molar-refractivity contribution < 1.29 is 5.11 Å². The maximum absolute atomic E-state index is 8.64. The maximum Gasteiger partial charge on any atom is 0.0431 e. The molecule has 0 aromatic heterocycles. The van der Waals surface area contributed by atoms with Crippen LogP contribution in [0.3, 0.4) is 0 Å². The first kappa shape index (κ1) is 13.0. The zero-order chi connectivity index (χ0) is 11.6. The van der Waals surface area contributed by atoms with Crippen LogP contribution in [0.4, 0.5) is 5.69 Å². The van der Waals surface area contributed by atoms with E-state index >= 15 is 0 Å². The fraction of sp³-hybridized carbons (Fsp3) is 0.571. The first-order chi connectivity index (χ1) is 7.86. The quantitative estimate of drug-likeness (QED) is 0.661. The fourth-order valence-electron chi connectivity index (χ4n) is 1.72. The van der Waals surface area contributed by atoms with E-state index in [0.717, 1.165) is 25.8 Å². The molecule has 0 aliphatic carbocycles. The minimum atomic E-state index is 0.325. The molecule has 2 nitrogen and oxygen atoms in total. The normalized spacial score (nSPS) is 10.4. The Morgan fingerprint density at radius 3 is 2.69 bits per heavy atom. The monoisotopic (exact) mass is 221 g/mol. The molecule has 1 aromatic carbocycles. The average Bonchev–Trinajstić information content (AvgIpc) is 2.34. The van der Waals surface area contributed by atoms with Gasteiger partial charge in [0.15, 0.2) is 0 Å². The highest BCUT2D eigenvalue weighted by Gasteiger charge is 1.94. The van der Waals surface area contributed by atoms with E-state index in [9.17, 15) is 0 Å². The van der Waals surface area contributed by atoms with Crippen molar-refractivity contribution in [2.75, 3.05) is 18.5 Å². The molecular weight excluding hydrogens is 198 g/mol. The number of anilines is 1.